The van der Waals surface area contributed by atoms with Crippen molar-refractivity contribution in [2.24, 2.45) is 5.92 Å². The first kappa shape index (κ1) is 29.6. The van der Waals surface area contributed by atoms with Crippen molar-refractivity contribution < 1.29 is 33.7 Å². The van der Waals surface area contributed by atoms with Crippen LogP contribution >= 0.6 is 7.37 Å². The molecule has 0 fully saturated rings. The Morgan fingerprint density at radius 2 is 1.28 bits per heavy atom. The molecule has 0 saturated heterocycles. The largest absolute Gasteiger partial charge is 0.480 e. The minimum absolute atomic E-state index is 0.00779. The van der Waals surface area contributed by atoms with E-state index in [0.717, 1.165) is 16.7 Å². The van der Waals surface area contributed by atoms with Crippen LogP contribution in [0.25, 0.3) is 0 Å². The second-order valence-corrected chi connectivity index (χ2v) is 11.9. The van der Waals surface area contributed by atoms with Crippen LogP contribution < -0.4 is 10.6 Å². The summed E-state index contributed by atoms with van der Waals surface area (Å²) in [6.45, 7) is 1.36. The number of aliphatic carboxylic acids is 1. The number of alkyl carbamates (subject to hydrolysis) is 1. The molecule has 3 aromatic rings. The van der Waals surface area contributed by atoms with E-state index >= 15 is 0 Å². The van der Waals surface area contributed by atoms with Crippen molar-refractivity contribution >= 4 is 25.3 Å². The molecule has 0 aliphatic carbocycles. The van der Waals surface area contributed by atoms with Crippen LogP contribution in [0, 0.1) is 5.92 Å². The van der Waals surface area contributed by atoms with Crippen LogP contribution in [0.1, 0.15) is 23.6 Å². The number of ether oxygens (including phenoxy) is 1. The first-order valence-corrected chi connectivity index (χ1v) is 14.4. The number of benzene rings is 3. The van der Waals surface area contributed by atoms with Crippen molar-refractivity contribution in [2.75, 3.05) is 6.16 Å². The number of carboxylic acid groups (broad SMARTS) is 1. The molecule has 10 heteroatoms. The van der Waals surface area contributed by atoms with Gasteiger partial charge in [-0.3, -0.25) is 9.36 Å². The lowest BCUT2D eigenvalue weighted by Gasteiger charge is -2.26. The van der Waals surface area contributed by atoms with Crippen molar-refractivity contribution in [3.63, 3.8) is 0 Å². The van der Waals surface area contributed by atoms with E-state index in [0.29, 0.717) is 0 Å². The number of nitrogens with one attached hydrogen (secondary N) is 2. The van der Waals surface area contributed by atoms with Gasteiger partial charge in [0.25, 0.3) is 0 Å². The molecule has 0 spiro atoms. The van der Waals surface area contributed by atoms with Crippen LogP contribution in [-0.2, 0) is 38.3 Å². The maximum Gasteiger partial charge on any atom is 0.408 e. The van der Waals surface area contributed by atoms with Gasteiger partial charge in [-0.25, -0.2) is 9.59 Å². The van der Waals surface area contributed by atoms with Crippen molar-refractivity contribution in [2.45, 2.75) is 38.2 Å². The first-order valence-electron chi connectivity index (χ1n) is 12.5. The first-order chi connectivity index (χ1) is 18.6. The minimum atomic E-state index is -4.13. The Morgan fingerprint density at radius 1 is 0.795 bits per heavy atom. The molecule has 3 aromatic carbocycles. The highest BCUT2D eigenvalue weighted by Gasteiger charge is 2.36. The fraction of sp³-hybridized carbons (Fsp3) is 0.276. The Kier molecular flexibility index (Phi) is 10.8. The van der Waals surface area contributed by atoms with Gasteiger partial charge in [0.1, 0.15) is 18.4 Å². The van der Waals surface area contributed by atoms with Crippen LogP contribution in [0.5, 0.6) is 0 Å². The maximum atomic E-state index is 13.3. The standard InChI is InChI=1S/C29H33N2O7P/c1-21(30-29(35)38-19-24-15-9-4-10-16-24)39(36,37)20-25(17-22-11-5-2-6-12-22)27(32)31-26(28(33)34)18-23-13-7-3-8-14-23/h2-16,21,25-26H,17-20H2,1H3,(H,30,35)(H,31,32)(H,33,34)(H,36,37)/t21-,25?,26+/m1/s1. The zero-order chi connectivity index (χ0) is 28.3. The third-order valence-electron chi connectivity index (χ3n) is 6.22. The number of carbonyl (C=O) groups is 3. The number of hydrogen-bond donors (Lipinski definition) is 4. The Balaban J connectivity index is 1.69. The predicted molar refractivity (Wildman–Crippen MR) is 147 cm³/mol. The monoisotopic (exact) mass is 552 g/mol. The zero-order valence-corrected chi connectivity index (χ0v) is 22.5. The Hall–Kier alpha value is -3.94. The normalized spacial score (nSPS) is 14.7. The van der Waals surface area contributed by atoms with Gasteiger partial charge in [-0.15, -0.1) is 0 Å². The number of hydrogen-bond acceptors (Lipinski definition) is 5. The summed E-state index contributed by atoms with van der Waals surface area (Å²) in [7, 11) is -4.13. The molecule has 0 aliphatic heterocycles. The van der Waals surface area contributed by atoms with E-state index in [-0.39, 0.29) is 19.4 Å². The highest BCUT2D eigenvalue weighted by Crippen LogP contribution is 2.47. The molecule has 0 bridgehead atoms. The van der Waals surface area contributed by atoms with Crippen molar-refractivity contribution in [3.05, 3.63) is 108 Å². The third kappa shape index (κ3) is 9.71. The average molecular weight is 553 g/mol. The number of carbonyl (C=O) groups excluding carboxylic acids is 2. The number of amides is 2. The Morgan fingerprint density at radius 3 is 1.79 bits per heavy atom. The molecule has 0 saturated carbocycles. The molecule has 0 aromatic heterocycles. The molecule has 2 unspecified atom stereocenters. The summed E-state index contributed by atoms with van der Waals surface area (Å²) in [4.78, 5) is 48.4. The fourth-order valence-electron chi connectivity index (χ4n) is 3.99. The minimum Gasteiger partial charge on any atom is -0.480 e. The SMILES string of the molecule is C[C@H](NC(=O)OCc1ccccc1)P(=O)(O)CC(Cc1ccccc1)C(=O)N[C@@H](Cc1ccccc1)C(=O)O. The molecule has 0 heterocycles. The summed E-state index contributed by atoms with van der Waals surface area (Å²) in [5.41, 5.74) is 2.23. The summed E-state index contributed by atoms with van der Waals surface area (Å²) in [6, 6.07) is 25.6. The lowest BCUT2D eigenvalue weighted by molar-refractivity contribution is -0.142. The van der Waals surface area contributed by atoms with Gasteiger partial charge in [0.05, 0.1) is 5.92 Å². The van der Waals surface area contributed by atoms with E-state index < -0.39 is 49.2 Å². The highest BCUT2D eigenvalue weighted by molar-refractivity contribution is 7.58. The molecule has 0 radical (unpaired) electrons. The molecule has 9 nitrogen and oxygen atoms in total. The maximum absolute atomic E-state index is 13.3. The summed E-state index contributed by atoms with van der Waals surface area (Å²) < 4.78 is 18.5. The van der Waals surface area contributed by atoms with Gasteiger partial charge in [0.15, 0.2) is 0 Å². The summed E-state index contributed by atoms with van der Waals surface area (Å²) in [6.07, 6.45) is -1.16. The predicted octanol–water partition coefficient (Wildman–Crippen LogP) is 4.20. The highest BCUT2D eigenvalue weighted by atomic mass is 31.2. The molecule has 4 N–H and O–H groups in total. The van der Waals surface area contributed by atoms with E-state index in [2.05, 4.69) is 10.6 Å². The average Bonchev–Trinajstić information content (AvgIpc) is 2.92. The van der Waals surface area contributed by atoms with E-state index in [1.165, 1.54) is 6.92 Å². The van der Waals surface area contributed by atoms with E-state index in [9.17, 15) is 28.9 Å². The lowest BCUT2D eigenvalue weighted by Crippen LogP contribution is -2.46. The quantitative estimate of drug-likeness (QED) is 0.233. The van der Waals surface area contributed by atoms with Crippen LogP contribution in [0.2, 0.25) is 0 Å². The molecular formula is C29H33N2O7P. The number of carboxylic acids is 1. The zero-order valence-electron chi connectivity index (χ0n) is 21.6. The third-order valence-corrected chi connectivity index (χ3v) is 8.52. The van der Waals surface area contributed by atoms with Gasteiger partial charge in [-0.1, -0.05) is 91.0 Å². The van der Waals surface area contributed by atoms with Crippen molar-refractivity contribution in [3.8, 4) is 0 Å². The second-order valence-electron chi connectivity index (χ2n) is 9.30. The molecule has 39 heavy (non-hydrogen) atoms. The van der Waals surface area contributed by atoms with Gasteiger partial charge in [0, 0.05) is 12.6 Å². The fourth-order valence-corrected chi connectivity index (χ4v) is 5.54. The van der Waals surface area contributed by atoms with Gasteiger partial charge < -0.3 is 25.4 Å². The lowest BCUT2D eigenvalue weighted by atomic mass is 9.99. The summed E-state index contributed by atoms with van der Waals surface area (Å²) in [5.74, 6) is -4.10. The summed E-state index contributed by atoms with van der Waals surface area (Å²) in [5, 5.41) is 14.7. The second kappa shape index (κ2) is 14.3. The molecule has 4 atom stereocenters. The Bertz CT molecular complexity index is 1270. The van der Waals surface area contributed by atoms with Crippen LogP contribution in [0.15, 0.2) is 91.0 Å². The molecule has 2 amide bonds. The van der Waals surface area contributed by atoms with Crippen molar-refractivity contribution in [1.82, 2.24) is 10.6 Å². The topological polar surface area (TPSA) is 142 Å². The van der Waals surface area contributed by atoms with Crippen LogP contribution in [0.4, 0.5) is 4.79 Å². The van der Waals surface area contributed by atoms with E-state index in [4.69, 9.17) is 4.74 Å². The van der Waals surface area contributed by atoms with Gasteiger partial charge >= 0.3 is 12.1 Å². The van der Waals surface area contributed by atoms with Crippen molar-refractivity contribution in [1.29, 1.82) is 0 Å². The number of rotatable bonds is 13. The van der Waals surface area contributed by atoms with Crippen LogP contribution in [0.3, 0.4) is 0 Å². The van der Waals surface area contributed by atoms with Gasteiger partial charge in [0.2, 0.25) is 13.3 Å². The molecule has 206 valence electrons. The Labute approximate surface area is 227 Å². The molecular weight excluding hydrogens is 519 g/mol. The molecule has 3 rings (SSSR count). The summed E-state index contributed by atoms with van der Waals surface area (Å²) >= 11 is 0. The molecule has 0 aliphatic rings. The smallest absolute Gasteiger partial charge is 0.408 e. The van der Waals surface area contributed by atoms with Gasteiger partial charge in [-0.05, 0) is 30.0 Å². The van der Waals surface area contributed by atoms with Crippen LogP contribution in [-0.4, -0.2) is 46.0 Å². The van der Waals surface area contributed by atoms with E-state index in [1.54, 1.807) is 78.9 Å². The van der Waals surface area contributed by atoms with Gasteiger partial charge in [-0.2, -0.15) is 0 Å². The van der Waals surface area contributed by atoms with E-state index in [1.807, 2.05) is 12.1 Å².